The summed E-state index contributed by atoms with van der Waals surface area (Å²) in [5.74, 6) is -0.795. The van der Waals surface area contributed by atoms with Crippen LogP contribution in [0.4, 0.5) is 0 Å². The summed E-state index contributed by atoms with van der Waals surface area (Å²) in [6, 6.07) is 6.89. The normalized spacial score (nSPS) is 26.7. The van der Waals surface area contributed by atoms with Crippen LogP contribution in [0.25, 0.3) is 0 Å². The molecule has 4 heteroatoms. The van der Waals surface area contributed by atoms with E-state index in [1.54, 1.807) is 24.3 Å². The molecule has 2 atom stereocenters. The van der Waals surface area contributed by atoms with Crippen molar-refractivity contribution >= 4 is 5.97 Å². The number of carbonyl (C=O) groups is 1. The highest BCUT2D eigenvalue weighted by molar-refractivity contribution is 5.83. The summed E-state index contributed by atoms with van der Waals surface area (Å²) in [6.07, 6.45) is -1.20. The first kappa shape index (κ1) is 10.1. The summed E-state index contributed by atoms with van der Waals surface area (Å²) in [6.45, 7) is 1.51. The molecule has 1 aromatic rings. The minimum Gasteiger partial charge on any atom is -0.458 e. The fourth-order valence-electron chi connectivity index (χ4n) is 1.78. The van der Waals surface area contributed by atoms with Crippen molar-refractivity contribution in [3.05, 3.63) is 35.4 Å². The number of fused-ring (bicyclic) bond motifs is 1. The van der Waals surface area contributed by atoms with E-state index in [1.807, 2.05) is 0 Å². The van der Waals surface area contributed by atoms with Crippen LogP contribution in [0, 0.1) is 0 Å². The minimum atomic E-state index is -1.94. The van der Waals surface area contributed by atoms with Gasteiger partial charge in [-0.2, -0.15) is 0 Å². The second-order valence-corrected chi connectivity index (χ2v) is 3.68. The van der Waals surface area contributed by atoms with E-state index in [2.05, 4.69) is 0 Å². The molecule has 0 amide bonds. The first-order valence-electron chi connectivity index (χ1n) is 4.73. The second kappa shape index (κ2) is 3.32. The zero-order chi connectivity index (χ0) is 11.1. The zero-order valence-electron chi connectivity index (χ0n) is 8.30. The molecule has 1 heterocycles. The van der Waals surface area contributed by atoms with Crippen LogP contribution >= 0.6 is 0 Å². The average Bonchev–Trinajstić information content (AvgIpc) is 2.23. The van der Waals surface area contributed by atoms with Crippen molar-refractivity contribution in [3.8, 4) is 0 Å². The summed E-state index contributed by atoms with van der Waals surface area (Å²) in [5, 5.41) is 19.6. The van der Waals surface area contributed by atoms with Crippen LogP contribution in [0.1, 0.15) is 18.1 Å². The smallest absolute Gasteiger partial charge is 0.345 e. The monoisotopic (exact) mass is 208 g/mol. The number of aliphatic hydroxyl groups excluding tert-OH is 1. The molecule has 4 nitrogen and oxygen atoms in total. The highest BCUT2D eigenvalue weighted by atomic mass is 16.6. The van der Waals surface area contributed by atoms with Crippen molar-refractivity contribution in [2.45, 2.75) is 25.2 Å². The Kier molecular flexibility index (Phi) is 2.25. The molecule has 2 N–H and O–H groups in total. The molecule has 0 spiro atoms. The Morgan fingerprint density at radius 1 is 1.47 bits per heavy atom. The quantitative estimate of drug-likeness (QED) is 0.652. The molecule has 0 saturated heterocycles. The molecule has 0 saturated carbocycles. The summed E-state index contributed by atoms with van der Waals surface area (Å²) in [5.41, 5.74) is -0.786. The Morgan fingerprint density at radius 2 is 2.13 bits per heavy atom. The van der Waals surface area contributed by atoms with Crippen molar-refractivity contribution in [1.29, 1.82) is 0 Å². The first-order valence-corrected chi connectivity index (χ1v) is 4.73. The van der Waals surface area contributed by atoms with Crippen LogP contribution in [-0.2, 0) is 21.7 Å². The van der Waals surface area contributed by atoms with Gasteiger partial charge >= 0.3 is 5.97 Å². The van der Waals surface area contributed by atoms with E-state index in [0.29, 0.717) is 5.56 Å². The number of cyclic esters (lactones) is 1. The fourth-order valence-corrected chi connectivity index (χ4v) is 1.78. The van der Waals surface area contributed by atoms with E-state index in [9.17, 15) is 15.0 Å². The Bertz CT molecular complexity index is 399. The van der Waals surface area contributed by atoms with Gasteiger partial charge in [0.05, 0.1) is 6.10 Å². The number of rotatable bonds is 1. The molecule has 0 unspecified atom stereocenters. The Morgan fingerprint density at radius 3 is 2.80 bits per heavy atom. The molecule has 0 fully saturated rings. The minimum absolute atomic E-state index is 0.143. The van der Waals surface area contributed by atoms with Crippen LogP contribution < -0.4 is 0 Å². The van der Waals surface area contributed by atoms with Gasteiger partial charge < -0.3 is 14.9 Å². The number of benzene rings is 1. The molecule has 1 aliphatic heterocycles. The maximum Gasteiger partial charge on any atom is 0.345 e. The van der Waals surface area contributed by atoms with Gasteiger partial charge in [0, 0.05) is 5.56 Å². The van der Waals surface area contributed by atoms with Crippen molar-refractivity contribution in [2.24, 2.45) is 0 Å². The number of hydrogen-bond acceptors (Lipinski definition) is 4. The third kappa shape index (κ3) is 1.33. The summed E-state index contributed by atoms with van der Waals surface area (Å²) in [7, 11) is 0. The lowest BCUT2D eigenvalue weighted by molar-refractivity contribution is -0.184. The van der Waals surface area contributed by atoms with E-state index in [4.69, 9.17) is 4.74 Å². The average molecular weight is 208 g/mol. The largest absolute Gasteiger partial charge is 0.458 e. The molecule has 0 radical (unpaired) electrons. The highest BCUT2D eigenvalue weighted by Gasteiger charge is 2.48. The fraction of sp³-hybridized carbons (Fsp3) is 0.364. The third-order valence-corrected chi connectivity index (χ3v) is 2.70. The van der Waals surface area contributed by atoms with Crippen molar-refractivity contribution in [2.75, 3.05) is 0 Å². The Labute approximate surface area is 87.1 Å². The molecule has 1 aliphatic rings. The molecule has 0 aromatic heterocycles. The van der Waals surface area contributed by atoms with Crippen LogP contribution in [0.2, 0.25) is 0 Å². The van der Waals surface area contributed by atoms with Crippen LogP contribution in [0.5, 0.6) is 0 Å². The van der Waals surface area contributed by atoms with Gasteiger partial charge in [0.25, 0.3) is 0 Å². The highest BCUT2D eigenvalue weighted by Crippen LogP contribution is 2.33. The van der Waals surface area contributed by atoms with E-state index in [1.165, 1.54) is 6.92 Å². The van der Waals surface area contributed by atoms with Crippen molar-refractivity contribution < 1.29 is 19.7 Å². The second-order valence-electron chi connectivity index (χ2n) is 3.68. The summed E-state index contributed by atoms with van der Waals surface area (Å²) >= 11 is 0. The maximum atomic E-state index is 11.5. The molecule has 15 heavy (non-hydrogen) atoms. The van der Waals surface area contributed by atoms with Gasteiger partial charge in [-0.05, 0) is 12.5 Å². The van der Waals surface area contributed by atoms with E-state index in [0.717, 1.165) is 5.56 Å². The molecule has 0 aliphatic carbocycles. The summed E-state index contributed by atoms with van der Waals surface area (Å²) < 4.78 is 4.83. The Balaban J connectivity index is 2.60. The van der Waals surface area contributed by atoms with Crippen LogP contribution in [0.3, 0.4) is 0 Å². The van der Waals surface area contributed by atoms with E-state index in [-0.39, 0.29) is 6.61 Å². The number of hydrogen-bond donors (Lipinski definition) is 2. The Hall–Kier alpha value is -1.39. The van der Waals surface area contributed by atoms with Gasteiger partial charge in [-0.1, -0.05) is 24.3 Å². The van der Waals surface area contributed by atoms with Gasteiger partial charge in [-0.3, -0.25) is 0 Å². The topological polar surface area (TPSA) is 66.8 Å². The van der Waals surface area contributed by atoms with Crippen molar-refractivity contribution in [1.82, 2.24) is 0 Å². The van der Waals surface area contributed by atoms with Gasteiger partial charge in [0.2, 0.25) is 5.60 Å². The lowest BCUT2D eigenvalue weighted by Crippen LogP contribution is -2.49. The van der Waals surface area contributed by atoms with Crippen molar-refractivity contribution in [3.63, 3.8) is 0 Å². The molecule has 1 aromatic carbocycles. The van der Waals surface area contributed by atoms with Gasteiger partial charge in [0.1, 0.15) is 6.61 Å². The lowest BCUT2D eigenvalue weighted by Gasteiger charge is -2.34. The third-order valence-electron chi connectivity index (χ3n) is 2.70. The molecule has 0 bridgehead atoms. The van der Waals surface area contributed by atoms with E-state index >= 15 is 0 Å². The standard InChI is InChI=1S/C11H12O4/c1-7(12)11(14)9-5-3-2-4-8(9)6-15-10(11)13/h2-5,7,12,14H,6H2,1H3/t7-,11+/m0/s1. The summed E-state index contributed by atoms with van der Waals surface area (Å²) in [4.78, 5) is 11.5. The predicted octanol–water partition coefficient (Wildman–Crippen LogP) is 0.312. The number of esters is 1. The van der Waals surface area contributed by atoms with Crippen LogP contribution in [0.15, 0.2) is 24.3 Å². The number of aliphatic hydroxyl groups is 2. The number of ether oxygens (including phenoxy) is 1. The maximum absolute atomic E-state index is 11.5. The molecule has 2 rings (SSSR count). The van der Waals surface area contributed by atoms with Crippen LogP contribution in [-0.4, -0.2) is 22.3 Å². The molecular weight excluding hydrogens is 196 g/mol. The SMILES string of the molecule is C[C@H](O)[C@]1(O)C(=O)OCc2ccccc21. The predicted molar refractivity (Wildman–Crippen MR) is 51.8 cm³/mol. The lowest BCUT2D eigenvalue weighted by atomic mass is 9.84. The number of carbonyl (C=O) groups excluding carboxylic acids is 1. The van der Waals surface area contributed by atoms with Gasteiger partial charge in [-0.25, -0.2) is 4.79 Å². The molecule has 80 valence electrons. The molecular formula is C11H12O4. The van der Waals surface area contributed by atoms with Gasteiger partial charge in [0.15, 0.2) is 0 Å². The van der Waals surface area contributed by atoms with E-state index < -0.39 is 17.7 Å². The van der Waals surface area contributed by atoms with Gasteiger partial charge in [-0.15, -0.1) is 0 Å². The first-order chi connectivity index (χ1) is 7.06. The zero-order valence-corrected chi connectivity index (χ0v) is 8.30.